The minimum absolute atomic E-state index is 0.277. The van der Waals surface area contributed by atoms with Crippen LogP contribution in [0, 0.1) is 0 Å². The van der Waals surface area contributed by atoms with Crippen molar-refractivity contribution in [1.29, 1.82) is 0 Å². The average molecular weight is 283 g/mol. The zero-order chi connectivity index (χ0) is 14.5. The topological polar surface area (TPSA) is 38.8 Å². The van der Waals surface area contributed by atoms with E-state index in [9.17, 15) is 4.79 Å². The van der Waals surface area contributed by atoms with Gasteiger partial charge in [-0.2, -0.15) is 0 Å². The molecule has 2 aromatic carbocycles. The van der Waals surface area contributed by atoms with E-state index in [2.05, 4.69) is 0 Å². The van der Waals surface area contributed by atoms with Crippen LogP contribution in [0.1, 0.15) is 12.0 Å². The molecule has 4 nitrogen and oxygen atoms in total. The molecule has 0 spiro atoms. The second-order valence-electron chi connectivity index (χ2n) is 4.86. The third kappa shape index (κ3) is 3.16. The summed E-state index contributed by atoms with van der Waals surface area (Å²) in [7, 11) is 0. The van der Waals surface area contributed by atoms with Crippen molar-refractivity contribution < 1.29 is 14.3 Å². The zero-order valence-electron chi connectivity index (χ0n) is 11.7. The van der Waals surface area contributed by atoms with Crippen LogP contribution in [-0.2, 0) is 11.3 Å². The molecule has 1 aliphatic heterocycles. The Hall–Kier alpha value is -2.49. The van der Waals surface area contributed by atoms with Crippen molar-refractivity contribution in [3.63, 3.8) is 0 Å². The molecular formula is C17H17NO3. The molecule has 0 saturated heterocycles. The average Bonchev–Trinajstić information content (AvgIpc) is 2.76. The molecule has 0 aliphatic carbocycles. The molecular weight excluding hydrogens is 266 g/mol. The van der Waals surface area contributed by atoms with Crippen LogP contribution in [-0.4, -0.2) is 19.2 Å². The highest BCUT2D eigenvalue weighted by molar-refractivity contribution is 5.89. The number of hydrogen-bond donors (Lipinski definition) is 0. The van der Waals surface area contributed by atoms with Crippen molar-refractivity contribution in [2.75, 3.05) is 18.1 Å². The van der Waals surface area contributed by atoms with Gasteiger partial charge < -0.3 is 9.47 Å². The normalized spacial score (nSPS) is 13.8. The molecule has 4 heteroatoms. The molecule has 3 rings (SSSR count). The predicted molar refractivity (Wildman–Crippen MR) is 80.5 cm³/mol. The number of benzene rings is 2. The highest BCUT2D eigenvalue weighted by Gasteiger charge is 2.22. The van der Waals surface area contributed by atoms with E-state index in [0.29, 0.717) is 13.2 Å². The molecule has 2 aromatic rings. The predicted octanol–water partition coefficient (Wildman–Crippen LogP) is 3.61. The van der Waals surface area contributed by atoms with Gasteiger partial charge in [-0.25, -0.2) is 4.79 Å². The van der Waals surface area contributed by atoms with Gasteiger partial charge in [0.05, 0.1) is 12.3 Å². The van der Waals surface area contributed by atoms with Crippen LogP contribution in [0.3, 0.4) is 0 Å². The van der Waals surface area contributed by atoms with Gasteiger partial charge in [0.25, 0.3) is 0 Å². The Morgan fingerprint density at radius 1 is 1.10 bits per heavy atom. The van der Waals surface area contributed by atoms with E-state index in [1.54, 1.807) is 4.90 Å². The van der Waals surface area contributed by atoms with Crippen LogP contribution in [0.25, 0.3) is 0 Å². The Balaban J connectivity index is 1.72. The molecule has 0 fully saturated rings. The minimum Gasteiger partial charge on any atom is -0.491 e. The van der Waals surface area contributed by atoms with Gasteiger partial charge in [-0.3, -0.25) is 4.90 Å². The lowest BCUT2D eigenvalue weighted by Gasteiger charge is -2.21. The molecule has 0 radical (unpaired) electrons. The number of anilines is 1. The van der Waals surface area contributed by atoms with Gasteiger partial charge in [0, 0.05) is 6.54 Å². The zero-order valence-corrected chi connectivity index (χ0v) is 11.7. The molecule has 0 bridgehead atoms. The Labute approximate surface area is 123 Å². The number of fused-ring (bicyclic) bond motifs is 1. The van der Waals surface area contributed by atoms with E-state index in [1.165, 1.54) is 0 Å². The summed E-state index contributed by atoms with van der Waals surface area (Å²) < 4.78 is 11.1. The summed E-state index contributed by atoms with van der Waals surface area (Å²) >= 11 is 0. The lowest BCUT2D eigenvalue weighted by atomic mass is 10.2. The van der Waals surface area contributed by atoms with E-state index >= 15 is 0 Å². The number of carbonyl (C=O) groups excluding carboxylic acids is 1. The van der Waals surface area contributed by atoms with Gasteiger partial charge in [-0.15, -0.1) is 0 Å². The fourth-order valence-electron chi connectivity index (χ4n) is 2.31. The standard InChI is InChI=1S/C17H17NO3/c19-17(21-13-14-7-2-1-3-8-14)18-11-6-12-20-16-10-5-4-9-15(16)18/h1-5,7-10H,6,11-13H2. The summed E-state index contributed by atoms with van der Waals surface area (Å²) in [6.45, 7) is 1.49. The summed E-state index contributed by atoms with van der Waals surface area (Å²) in [6, 6.07) is 17.2. The Bertz CT molecular complexity index is 612. The molecule has 0 N–H and O–H groups in total. The van der Waals surface area contributed by atoms with E-state index in [1.807, 2.05) is 54.6 Å². The molecule has 1 heterocycles. The van der Waals surface area contributed by atoms with Crippen molar-refractivity contribution in [2.24, 2.45) is 0 Å². The van der Waals surface area contributed by atoms with Gasteiger partial charge in [-0.05, 0) is 24.1 Å². The van der Waals surface area contributed by atoms with Crippen molar-refractivity contribution >= 4 is 11.8 Å². The molecule has 0 unspecified atom stereocenters. The Morgan fingerprint density at radius 2 is 1.86 bits per heavy atom. The summed E-state index contributed by atoms with van der Waals surface area (Å²) in [4.78, 5) is 14.0. The Morgan fingerprint density at radius 3 is 2.71 bits per heavy atom. The van der Waals surface area contributed by atoms with E-state index in [4.69, 9.17) is 9.47 Å². The first kappa shape index (κ1) is 13.5. The van der Waals surface area contributed by atoms with Crippen LogP contribution in [0.5, 0.6) is 5.75 Å². The van der Waals surface area contributed by atoms with Gasteiger partial charge >= 0.3 is 6.09 Å². The third-order valence-corrected chi connectivity index (χ3v) is 3.37. The number of ether oxygens (including phenoxy) is 2. The first-order valence-corrected chi connectivity index (χ1v) is 7.04. The number of amides is 1. The summed E-state index contributed by atoms with van der Waals surface area (Å²) in [5.74, 6) is 0.728. The number of para-hydroxylation sites is 2. The third-order valence-electron chi connectivity index (χ3n) is 3.37. The van der Waals surface area contributed by atoms with E-state index in [-0.39, 0.29) is 12.7 Å². The summed E-state index contributed by atoms with van der Waals surface area (Å²) in [5, 5.41) is 0. The van der Waals surface area contributed by atoms with Gasteiger partial charge in [0.2, 0.25) is 0 Å². The maximum absolute atomic E-state index is 12.3. The Kier molecular flexibility index (Phi) is 4.05. The second-order valence-corrected chi connectivity index (χ2v) is 4.86. The lowest BCUT2D eigenvalue weighted by molar-refractivity contribution is 0.147. The first-order valence-electron chi connectivity index (χ1n) is 7.04. The molecule has 0 aromatic heterocycles. The fraction of sp³-hybridized carbons (Fsp3) is 0.235. The summed E-state index contributed by atoms with van der Waals surface area (Å²) in [6.07, 6.45) is 0.451. The van der Waals surface area contributed by atoms with Crippen LogP contribution in [0.4, 0.5) is 10.5 Å². The van der Waals surface area contributed by atoms with Crippen LogP contribution < -0.4 is 9.64 Å². The molecule has 21 heavy (non-hydrogen) atoms. The quantitative estimate of drug-likeness (QED) is 0.845. The van der Waals surface area contributed by atoms with Crippen molar-refractivity contribution in [3.8, 4) is 5.75 Å². The van der Waals surface area contributed by atoms with Crippen LogP contribution in [0.15, 0.2) is 54.6 Å². The number of carbonyl (C=O) groups is 1. The van der Waals surface area contributed by atoms with Gasteiger partial charge in [-0.1, -0.05) is 42.5 Å². The lowest BCUT2D eigenvalue weighted by Crippen LogP contribution is -2.31. The van der Waals surface area contributed by atoms with E-state index < -0.39 is 0 Å². The second kappa shape index (κ2) is 6.31. The molecule has 108 valence electrons. The molecule has 1 amide bonds. The van der Waals surface area contributed by atoms with Gasteiger partial charge in [0.15, 0.2) is 0 Å². The summed E-state index contributed by atoms with van der Waals surface area (Å²) in [5.41, 5.74) is 1.75. The van der Waals surface area contributed by atoms with Crippen LogP contribution >= 0.6 is 0 Å². The number of nitrogens with zero attached hydrogens (tertiary/aromatic N) is 1. The number of hydrogen-bond acceptors (Lipinski definition) is 3. The van der Waals surface area contributed by atoms with Crippen molar-refractivity contribution in [2.45, 2.75) is 13.0 Å². The molecule has 1 aliphatic rings. The fourth-order valence-corrected chi connectivity index (χ4v) is 2.31. The van der Waals surface area contributed by atoms with Crippen molar-refractivity contribution in [3.05, 3.63) is 60.2 Å². The maximum Gasteiger partial charge on any atom is 0.414 e. The van der Waals surface area contributed by atoms with Crippen LogP contribution in [0.2, 0.25) is 0 Å². The largest absolute Gasteiger partial charge is 0.491 e. The van der Waals surface area contributed by atoms with Crippen molar-refractivity contribution in [1.82, 2.24) is 0 Å². The number of rotatable bonds is 2. The van der Waals surface area contributed by atoms with Gasteiger partial charge in [0.1, 0.15) is 12.4 Å². The monoisotopic (exact) mass is 283 g/mol. The van der Waals surface area contributed by atoms with E-state index in [0.717, 1.165) is 23.4 Å². The highest BCUT2D eigenvalue weighted by Crippen LogP contribution is 2.30. The highest BCUT2D eigenvalue weighted by atomic mass is 16.6. The smallest absolute Gasteiger partial charge is 0.414 e. The maximum atomic E-state index is 12.3. The molecule has 0 saturated carbocycles. The SMILES string of the molecule is O=C(OCc1ccccc1)N1CCCOc2ccccc21. The minimum atomic E-state index is -0.336. The molecule has 0 atom stereocenters. The first-order chi connectivity index (χ1) is 10.3.